The van der Waals surface area contributed by atoms with E-state index >= 15 is 0 Å². The SMILES string of the molecule is COC(=O)C1C(=O)NCCC1c1ccc(F)cc1.COC(=O)[C@@H]1C(=O)N(C)C(=O)CC1c1ccc(F)cc1. The lowest BCUT2D eigenvalue weighted by Gasteiger charge is -2.33. The van der Waals surface area contributed by atoms with Crippen LogP contribution in [-0.4, -0.2) is 62.4 Å². The summed E-state index contributed by atoms with van der Waals surface area (Å²) in [5, 5.41) is 2.64. The van der Waals surface area contributed by atoms with Crippen LogP contribution in [0.1, 0.15) is 35.8 Å². The largest absolute Gasteiger partial charge is 0.468 e. The molecule has 2 fully saturated rings. The second-order valence-electron chi connectivity index (χ2n) is 8.89. The number of nitrogens with one attached hydrogen (secondary N) is 1. The van der Waals surface area contributed by atoms with Crippen molar-refractivity contribution < 1.29 is 42.2 Å². The zero-order chi connectivity index (χ0) is 28.0. The Kier molecular flexibility index (Phi) is 9.27. The average molecular weight is 531 g/mol. The molecule has 3 amide bonds. The summed E-state index contributed by atoms with van der Waals surface area (Å²) < 4.78 is 35.1. The highest BCUT2D eigenvalue weighted by Gasteiger charge is 2.45. The second kappa shape index (κ2) is 12.4. The molecule has 0 spiro atoms. The Labute approximate surface area is 218 Å². The van der Waals surface area contributed by atoms with Crippen LogP contribution in [0.15, 0.2) is 48.5 Å². The van der Waals surface area contributed by atoms with E-state index in [0.29, 0.717) is 18.5 Å². The molecule has 38 heavy (non-hydrogen) atoms. The Bertz CT molecular complexity index is 1190. The number of halogens is 2. The number of rotatable bonds is 4. The van der Waals surface area contributed by atoms with E-state index in [9.17, 15) is 32.8 Å². The van der Waals surface area contributed by atoms with Crippen LogP contribution in [0, 0.1) is 23.5 Å². The van der Waals surface area contributed by atoms with Crippen molar-refractivity contribution in [2.24, 2.45) is 11.8 Å². The molecule has 0 aliphatic carbocycles. The van der Waals surface area contributed by atoms with Crippen LogP contribution in [0.5, 0.6) is 0 Å². The zero-order valence-electron chi connectivity index (χ0n) is 21.1. The highest BCUT2D eigenvalue weighted by Crippen LogP contribution is 2.35. The Hall–Kier alpha value is -4.15. The lowest BCUT2D eigenvalue weighted by atomic mass is 9.79. The number of esters is 2. The summed E-state index contributed by atoms with van der Waals surface area (Å²) in [6, 6.07) is 11.3. The molecule has 2 aliphatic rings. The standard InChI is InChI=1S/C14H14FNO4.C13H14FNO3/c1-16-11(17)7-10(8-3-5-9(15)6-4-8)12(13(16)18)14(19)20-2;1-18-13(17)11-10(6-7-15-12(11)16)8-2-4-9(14)5-3-8/h3-6,10,12H,7H2,1-2H3;2-5,10-11H,6-7H2,1H3,(H,15,16)/t10?,12-;/m0./s1. The van der Waals surface area contributed by atoms with E-state index in [4.69, 9.17) is 0 Å². The van der Waals surface area contributed by atoms with E-state index in [1.54, 1.807) is 12.1 Å². The summed E-state index contributed by atoms with van der Waals surface area (Å²) in [6.45, 7) is 0.508. The number of methoxy groups -OCH3 is 2. The molecule has 0 aromatic heterocycles. The van der Waals surface area contributed by atoms with Crippen LogP contribution < -0.4 is 5.32 Å². The van der Waals surface area contributed by atoms with Gasteiger partial charge in [0.05, 0.1) is 14.2 Å². The third-order valence-electron chi connectivity index (χ3n) is 6.71. The van der Waals surface area contributed by atoms with Gasteiger partial charge < -0.3 is 14.8 Å². The van der Waals surface area contributed by atoms with Crippen LogP contribution in [0.2, 0.25) is 0 Å². The number of ether oxygens (including phenoxy) is 2. The van der Waals surface area contributed by atoms with Gasteiger partial charge in [-0.15, -0.1) is 0 Å². The minimum absolute atomic E-state index is 0.00758. The van der Waals surface area contributed by atoms with Gasteiger partial charge in [-0.05, 0) is 41.8 Å². The fraction of sp³-hybridized carbons (Fsp3) is 0.370. The molecule has 11 heteroatoms. The maximum atomic E-state index is 13.0. The van der Waals surface area contributed by atoms with Crippen molar-refractivity contribution in [1.82, 2.24) is 10.2 Å². The third kappa shape index (κ3) is 6.21. The van der Waals surface area contributed by atoms with E-state index in [1.165, 1.54) is 57.7 Å². The smallest absolute Gasteiger partial charge is 0.318 e. The highest BCUT2D eigenvalue weighted by molar-refractivity contribution is 6.08. The fourth-order valence-electron chi connectivity index (χ4n) is 4.64. The topological polar surface area (TPSA) is 119 Å². The molecule has 0 bridgehead atoms. The monoisotopic (exact) mass is 530 g/mol. The Morgan fingerprint density at radius 2 is 1.29 bits per heavy atom. The van der Waals surface area contributed by atoms with Gasteiger partial charge in [-0.25, -0.2) is 8.78 Å². The Morgan fingerprint density at radius 1 is 0.816 bits per heavy atom. The molecule has 4 rings (SSSR count). The molecule has 3 unspecified atom stereocenters. The van der Waals surface area contributed by atoms with Crippen LogP contribution in [0.3, 0.4) is 0 Å². The number of imide groups is 1. The van der Waals surface area contributed by atoms with Crippen molar-refractivity contribution in [3.63, 3.8) is 0 Å². The predicted octanol–water partition coefficient (Wildman–Crippen LogP) is 2.31. The van der Waals surface area contributed by atoms with Crippen molar-refractivity contribution in [1.29, 1.82) is 0 Å². The molecule has 0 saturated carbocycles. The van der Waals surface area contributed by atoms with E-state index in [-0.39, 0.29) is 30.0 Å². The number of hydrogen-bond donors (Lipinski definition) is 1. The van der Waals surface area contributed by atoms with Crippen molar-refractivity contribution in [3.8, 4) is 0 Å². The number of benzene rings is 2. The third-order valence-corrected chi connectivity index (χ3v) is 6.71. The molecule has 202 valence electrons. The van der Waals surface area contributed by atoms with Gasteiger partial charge in [-0.1, -0.05) is 24.3 Å². The average Bonchev–Trinajstić information content (AvgIpc) is 2.92. The van der Waals surface area contributed by atoms with Crippen molar-refractivity contribution in [2.75, 3.05) is 27.8 Å². The van der Waals surface area contributed by atoms with Crippen molar-refractivity contribution in [3.05, 3.63) is 71.3 Å². The summed E-state index contributed by atoms with van der Waals surface area (Å²) in [5.41, 5.74) is 1.35. The number of carbonyl (C=O) groups is 5. The van der Waals surface area contributed by atoms with Crippen molar-refractivity contribution >= 4 is 29.7 Å². The number of amides is 3. The minimum Gasteiger partial charge on any atom is -0.468 e. The molecule has 0 radical (unpaired) electrons. The van der Waals surface area contributed by atoms with E-state index in [2.05, 4.69) is 14.8 Å². The number of piperidine rings is 2. The first-order valence-corrected chi connectivity index (χ1v) is 11.8. The van der Waals surface area contributed by atoms with Gasteiger partial charge in [-0.2, -0.15) is 0 Å². The second-order valence-corrected chi connectivity index (χ2v) is 8.89. The minimum atomic E-state index is -1.08. The maximum Gasteiger partial charge on any atom is 0.318 e. The Morgan fingerprint density at radius 3 is 1.79 bits per heavy atom. The van der Waals surface area contributed by atoms with Gasteiger partial charge >= 0.3 is 11.9 Å². The van der Waals surface area contributed by atoms with Gasteiger partial charge in [0, 0.05) is 31.8 Å². The number of hydrogen-bond acceptors (Lipinski definition) is 7. The molecular formula is C27H28F2N2O7. The van der Waals surface area contributed by atoms with Crippen LogP contribution in [-0.2, 0) is 33.4 Å². The molecular weight excluding hydrogens is 502 g/mol. The van der Waals surface area contributed by atoms with E-state index < -0.39 is 41.4 Å². The Balaban J connectivity index is 0.000000212. The summed E-state index contributed by atoms with van der Waals surface area (Å²) in [4.78, 5) is 60.1. The fourth-order valence-corrected chi connectivity index (χ4v) is 4.64. The number of likely N-dealkylation sites (tertiary alicyclic amines) is 1. The molecule has 2 aliphatic heterocycles. The lowest BCUT2D eigenvalue weighted by molar-refractivity contribution is -0.161. The number of carbonyl (C=O) groups excluding carboxylic acids is 5. The van der Waals surface area contributed by atoms with Crippen LogP contribution >= 0.6 is 0 Å². The van der Waals surface area contributed by atoms with Gasteiger partial charge in [0.1, 0.15) is 23.5 Å². The number of nitrogens with zero attached hydrogens (tertiary/aromatic N) is 1. The first-order chi connectivity index (χ1) is 18.1. The molecule has 4 atom stereocenters. The molecule has 2 aromatic rings. The summed E-state index contributed by atoms with van der Waals surface area (Å²) in [5.74, 6) is -6.12. The van der Waals surface area contributed by atoms with E-state index in [1.807, 2.05) is 0 Å². The summed E-state index contributed by atoms with van der Waals surface area (Å²) in [7, 11) is 3.78. The highest BCUT2D eigenvalue weighted by atomic mass is 19.1. The first-order valence-electron chi connectivity index (χ1n) is 11.8. The normalized spacial score (nSPS) is 23.1. The van der Waals surface area contributed by atoms with Crippen LogP contribution in [0.4, 0.5) is 8.78 Å². The van der Waals surface area contributed by atoms with Crippen molar-refractivity contribution in [2.45, 2.75) is 24.7 Å². The summed E-state index contributed by atoms with van der Waals surface area (Å²) >= 11 is 0. The lowest BCUT2D eigenvalue weighted by Crippen LogP contribution is -2.49. The first kappa shape index (κ1) is 28.4. The van der Waals surface area contributed by atoms with Gasteiger partial charge in [0.2, 0.25) is 17.7 Å². The molecule has 2 heterocycles. The quantitative estimate of drug-likeness (QED) is 0.366. The predicted molar refractivity (Wildman–Crippen MR) is 129 cm³/mol. The molecule has 1 N–H and O–H groups in total. The van der Waals surface area contributed by atoms with Gasteiger partial charge in [0.15, 0.2) is 0 Å². The molecule has 2 aromatic carbocycles. The summed E-state index contributed by atoms with van der Waals surface area (Å²) in [6.07, 6.45) is 0.644. The molecule has 9 nitrogen and oxygen atoms in total. The van der Waals surface area contributed by atoms with E-state index in [0.717, 1.165) is 10.5 Å². The van der Waals surface area contributed by atoms with Gasteiger partial charge in [0.25, 0.3) is 0 Å². The van der Waals surface area contributed by atoms with Crippen LogP contribution in [0.25, 0.3) is 0 Å². The van der Waals surface area contributed by atoms with Gasteiger partial charge in [-0.3, -0.25) is 28.9 Å². The maximum absolute atomic E-state index is 13.0. The molecule has 2 saturated heterocycles. The zero-order valence-corrected chi connectivity index (χ0v) is 21.1.